The van der Waals surface area contributed by atoms with Crippen molar-refractivity contribution in [1.29, 1.82) is 0 Å². The molecule has 164 valence electrons. The zero-order valence-corrected chi connectivity index (χ0v) is 19.6. The first-order valence-corrected chi connectivity index (χ1v) is 11.9. The van der Waals surface area contributed by atoms with Crippen LogP contribution in [0.4, 0.5) is 11.4 Å². The number of carbonyl (C=O) groups is 3. The molecule has 0 atom stereocenters. The molecule has 0 unspecified atom stereocenters. The number of hydrogen-bond donors (Lipinski definition) is 2. The van der Waals surface area contributed by atoms with Gasteiger partial charge < -0.3 is 20.3 Å². The molecule has 1 aliphatic carbocycles. The first-order chi connectivity index (χ1) is 14.9. The second kappa shape index (κ2) is 9.10. The normalized spacial score (nSPS) is 18.1. The van der Waals surface area contributed by atoms with Crippen LogP contribution in [-0.4, -0.2) is 43.0 Å². The summed E-state index contributed by atoms with van der Waals surface area (Å²) in [6.07, 6.45) is 2.47. The summed E-state index contributed by atoms with van der Waals surface area (Å²) >= 11 is 4.70. The minimum atomic E-state index is -0.891. The number of aryl methyl sites for hydroxylation is 1. The molecule has 1 aliphatic heterocycles. The van der Waals surface area contributed by atoms with Crippen LogP contribution in [0.25, 0.3) is 0 Å². The van der Waals surface area contributed by atoms with Gasteiger partial charge in [0.2, 0.25) is 11.8 Å². The molecule has 7 nitrogen and oxygen atoms in total. The van der Waals surface area contributed by atoms with E-state index in [1.165, 1.54) is 11.3 Å². The van der Waals surface area contributed by atoms with Gasteiger partial charge in [0.1, 0.15) is 5.54 Å². The largest absolute Gasteiger partial charge is 0.379 e. The number of ether oxygens (including phenoxy) is 1. The maximum atomic E-state index is 13.1. The number of benzene rings is 1. The van der Waals surface area contributed by atoms with Crippen molar-refractivity contribution in [3.05, 3.63) is 44.6 Å². The molecular weight excluding hydrogens is 482 g/mol. The lowest BCUT2D eigenvalue weighted by atomic mass is 9.75. The van der Waals surface area contributed by atoms with Crippen LogP contribution in [0.5, 0.6) is 0 Å². The fraction of sp³-hybridized carbons (Fsp3) is 0.409. The van der Waals surface area contributed by atoms with E-state index in [2.05, 4.69) is 26.6 Å². The van der Waals surface area contributed by atoms with Crippen molar-refractivity contribution in [3.8, 4) is 0 Å². The molecule has 3 amide bonds. The summed E-state index contributed by atoms with van der Waals surface area (Å²) in [4.78, 5) is 40.3. The first kappa shape index (κ1) is 22.0. The van der Waals surface area contributed by atoms with E-state index in [1.54, 1.807) is 17.0 Å². The Kier molecular flexibility index (Phi) is 6.45. The fourth-order valence-electron chi connectivity index (χ4n) is 3.87. The van der Waals surface area contributed by atoms with Gasteiger partial charge in [0.25, 0.3) is 5.91 Å². The molecule has 31 heavy (non-hydrogen) atoms. The van der Waals surface area contributed by atoms with Crippen molar-refractivity contribution in [2.75, 3.05) is 30.0 Å². The molecule has 2 aliphatic rings. The number of thiophene rings is 1. The lowest BCUT2D eigenvalue weighted by Gasteiger charge is -2.40. The summed E-state index contributed by atoms with van der Waals surface area (Å²) in [6, 6.07) is 9.06. The molecule has 2 heterocycles. The molecule has 0 spiro atoms. The van der Waals surface area contributed by atoms with Crippen LogP contribution in [0.2, 0.25) is 0 Å². The number of rotatable bonds is 5. The fourth-order valence-corrected chi connectivity index (χ4v) is 5.15. The average Bonchev–Trinajstić information content (AvgIpc) is 3.03. The van der Waals surface area contributed by atoms with Crippen molar-refractivity contribution in [3.63, 3.8) is 0 Å². The molecule has 2 N–H and O–H groups in total. The van der Waals surface area contributed by atoms with Crippen LogP contribution in [0, 0.1) is 6.92 Å². The summed E-state index contributed by atoms with van der Waals surface area (Å²) in [5, 5.41) is 5.90. The van der Waals surface area contributed by atoms with Gasteiger partial charge in [0.15, 0.2) is 0 Å². The Morgan fingerprint density at radius 3 is 2.65 bits per heavy atom. The zero-order chi connectivity index (χ0) is 22.0. The lowest BCUT2D eigenvalue weighted by Crippen LogP contribution is -2.61. The number of anilines is 2. The van der Waals surface area contributed by atoms with Crippen LogP contribution in [0.3, 0.4) is 0 Å². The van der Waals surface area contributed by atoms with Crippen LogP contribution < -0.4 is 15.5 Å². The third-order valence-electron chi connectivity index (χ3n) is 5.76. The number of hydrogen-bond acceptors (Lipinski definition) is 5. The number of halogens is 1. The Labute approximate surface area is 193 Å². The summed E-state index contributed by atoms with van der Waals surface area (Å²) in [7, 11) is 0. The molecule has 2 fully saturated rings. The van der Waals surface area contributed by atoms with Crippen LogP contribution >= 0.6 is 27.3 Å². The smallest absolute Gasteiger partial charge is 0.262 e. The van der Waals surface area contributed by atoms with Crippen molar-refractivity contribution < 1.29 is 19.1 Å². The van der Waals surface area contributed by atoms with E-state index >= 15 is 0 Å². The van der Waals surface area contributed by atoms with E-state index < -0.39 is 5.54 Å². The Balaban J connectivity index is 1.46. The quantitative estimate of drug-likeness (QED) is 0.645. The van der Waals surface area contributed by atoms with Crippen LogP contribution in [0.15, 0.2) is 34.1 Å². The molecule has 9 heteroatoms. The molecule has 0 radical (unpaired) electrons. The number of nitrogens with zero attached hydrogens (tertiary/aromatic N) is 1. The number of amides is 3. The molecule has 1 saturated carbocycles. The summed E-state index contributed by atoms with van der Waals surface area (Å²) in [5.41, 5.74) is 1.47. The highest BCUT2D eigenvalue weighted by molar-refractivity contribution is 9.11. The van der Waals surface area contributed by atoms with Crippen molar-refractivity contribution in [1.82, 2.24) is 5.32 Å². The zero-order valence-electron chi connectivity index (χ0n) is 17.2. The van der Waals surface area contributed by atoms with Gasteiger partial charge in [0, 0.05) is 17.9 Å². The van der Waals surface area contributed by atoms with Gasteiger partial charge in [-0.25, -0.2) is 0 Å². The van der Waals surface area contributed by atoms with Crippen molar-refractivity contribution in [2.24, 2.45) is 0 Å². The van der Waals surface area contributed by atoms with Gasteiger partial charge in [-0.15, -0.1) is 11.3 Å². The minimum Gasteiger partial charge on any atom is -0.379 e. The topological polar surface area (TPSA) is 87.7 Å². The second-order valence-corrected chi connectivity index (χ2v) is 10.3. The molecule has 0 bridgehead atoms. The highest BCUT2D eigenvalue weighted by Gasteiger charge is 2.45. The highest BCUT2D eigenvalue weighted by atomic mass is 79.9. The first-order valence-electron chi connectivity index (χ1n) is 10.3. The van der Waals surface area contributed by atoms with E-state index in [9.17, 15) is 14.4 Å². The summed E-state index contributed by atoms with van der Waals surface area (Å²) in [5.74, 6) is -0.415. The van der Waals surface area contributed by atoms with E-state index in [0.717, 1.165) is 21.5 Å². The predicted octanol–water partition coefficient (Wildman–Crippen LogP) is 3.86. The SMILES string of the molecule is Cc1cc(NC(=O)C2(NC(=O)c3ccc(Br)s3)CCC2)ccc1N1CCOCCC1=O. The molecule has 4 rings (SSSR count). The maximum absolute atomic E-state index is 13.1. The second-order valence-electron chi connectivity index (χ2n) is 7.86. The van der Waals surface area contributed by atoms with Gasteiger partial charge in [-0.2, -0.15) is 0 Å². The van der Waals surface area contributed by atoms with E-state index in [0.29, 0.717) is 49.6 Å². The van der Waals surface area contributed by atoms with Gasteiger partial charge in [-0.05, 0) is 78.0 Å². The van der Waals surface area contributed by atoms with E-state index in [-0.39, 0.29) is 17.7 Å². The third-order valence-corrected chi connectivity index (χ3v) is 7.38. The Bertz CT molecular complexity index is 1020. The average molecular weight is 506 g/mol. The van der Waals surface area contributed by atoms with Crippen molar-refractivity contribution in [2.45, 2.75) is 38.1 Å². The van der Waals surface area contributed by atoms with Gasteiger partial charge >= 0.3 is 0 Å². The summed E-state index contributed by atoms with van der Waals surface area (Å²) < 4.78 is 6.27. The summed E-state index contributed by atoms with van der Waals surface area (Å²) in [6.45, 7) is 3.38. The van der Waals surface area contributed by atoms with Crippen LogP contribution in [-0.2, 0) is 14.3 Å². The lowest BCUT2D eigenvalue weighted by molar-refractivity contribution is -0.125. The van der Waals surface area contributed by atoms with E-state index in [1.807, 2.05) is 25.1 Å². The molecule has 1 saturated heterocycles. The minimum absolute atomic E-state index is 0.0359. The third kappa shape index (κ3) is 4.68. The number of nitrogens with one attached hydrogen (secondary N) is 2. The standard InChI is InChI=1S/C22H24BrN3O4S/c1-14-13-15(3-4-16(14)26-10-12-30-11-7-19(26)27)24-21(29)22(8-2-9-22)25-20(28)17-5-6-18(23)31-17/h3-6,13H,2,7-12H2,1H3,(H,24,29)(H,25,28). The maximum Gasteiger partial charge on any atom is 0.262 e. The highest BCUT2D eigenvalue weighted by Crippen LogP contribution is 2.35. The van der Waals surface area contributed by atoms with Gasteiger partial charge in [-0.3, -0.25) is 14.4 Å². The van der Waals surface area contributed by atoms with Crippen molar-refractivity contribution >= 4 is 56.4 Å². The monoisotopic (exact) mass is 505 g/mol. The van der Waals surface area contributed by atoms with Gasteiger partial charge in [0.05, 0.1) is 28.3 Å². The van der Waals surface area contributed by atoms with E-state index in [4.69, 9.17) is 4.74 Å². The predicted molar refractivity (Wildman–Crippen MR) is 124 cm³/mol. The van der Waals surface area contributed by atoms with Crippen LogP contribution in [0.1, 0.15) is 40.9 Å². The molecular formula is C22H24BrN3O4S. The Morgan fingerprint density at radius 2 is 2.00 bits per heavy atom. The van der Waals surface area contributed by atoms with Gasteiger partial charge in [-0.1, -0.05) is 0 Å². The molecule has 1 aromatic carbocycles. The molecule has 1 aromatic heterocycles. The number of carbonyl (C=O) groups excluding carboxylic acids is 3. The Morgan fingerprint density at radius 1 is 1.19 bits per heavy atom. The molecule has 2 aromatic rings. The Hall–Kier alpha value is -2.23.